The zero-order chi connectivity index (χ0) is 10.9. The summed E-state index contributed by atoms with van der Waals surface area (Å²) in [5.41, 5.74) is 0. The summed E-state index contributed by atoms with van der Waals surface area (Å²) < 4.78 is 5.81. The average molecular weight is 227 g/mol. The van der Waals surface area contributed by atoms with Crippen LogP contribution >= 0.6 is 11.8 Å². The van der Waals surface area contributed by atoms with Crippen molar-refractivity contribution >= 4 is 17.0 Å². The second kappa shape index (κ2) is 7.80. The molecule has 0 aromatic carbocycles. The Morgan fingerprint density at radius 3 is 3.07 bits per heavy atom. The fraction of sp³-hybridized carbons (Fsp3) is 0.750. The molecule has 0 saturated carbocycles. The van der Waals surface area contributed by atoms with Crippen LogP contribution in [0.15, 0.2) is 17.1 Å². The smallest absolute Gasteiger partial charge is 0.246 e. The van der Waals surface area contributed by atoms with Gasteiger partial charge in [0.05, 0.1) is 0 Å². The summed E-state index contributed by atoms with van der Waals surface area (Å²) in [6.07, 6.45) is 12.5. The van der Waals surface area contributed by atoms with Crippen molar-refractivity contribution in [2.75, 3.05) is 12.8 Å². The van der Waals surface area contributed by atoms with E-state index in [1.807, 2.05) is 6.26 Å². The molecular weight excluding hydrogens is 206 g/mol. The molecule has 2 nitrogen and oxygen atoms in total. The van der Waals surface area contributed by atoms with Crippen LogP contribution in [0.25, 0.3) is 0 Å². The maximum Gasteiger partial charge on any atom is 0.246 e. The number of rotatable bonds is 4. The van der Waals surface area contributed by atoms with Gasteiger partial charge >= 0.3 is 0 Å². The van der Waals surface area contributed by atoms with Crippen LogP contribution in [0.3, 0.4) is 0 Å². The van der Waals surface area contributed by atoms with Gasteiger partial charge in [0.1, 0.15) is 6.10 Å². The second-order valence-corrected chi connectivity index (χ2v) is 4.48. The van der Waals surface area contributed by atoms with E-state index >= 15 is 0 Å². The van der Waals surface area contributed by atoms with E-state index in [1.54, 1.807) is 11.8 Å². The molecule has 0 bridgehead atoms. The molecule has 1 aliphatic rings. The zero-order valence-electron chi connectivity index (χ0n) is 9.74. The van der Waals surface area contributed by atoms with Gasteiger partial charge in [-0.15, -0.1) is 0 Å². The van der Waals surface area contributed by atoms with E-state index in [9.17, 15) is 0 Å². The molecule has 0 amide bonds. The normalized spacial score (nSPS) is 21.7. The first kappa shape index (κ1) is 12.6. The van der Waals surface area contributed by atoms with Gasteiger partial charge in [-0.25, -0.2) is 4.99 Å². The highest BCUT2D eigenvalue weighted by atomic mass is 32.2. The predicted octanol–water partition coefficient (Wildman–Crippen LogP) is 3.63. The van der Waals surface area contributed by atoms with E-state index in [2.05, 4.69) is 24.1 Å². The largest absolute Gasteiger partial charge is 0.466 e. The van der Waals surface area contributed by atoms with Crippen molar-refractivity contribution in [3.8, 4) is 0 Å². The van der Waals surface area contributed by atoms with Gasteiger partial charge < -0.3 is 4.74 Å². The molecule has 0 radical (unpaired) electrons. The summed E-state index contributed by atoms with van der Waals surface area (Å²) in [6, 6.07) is 0. The third-order valence-corrected chi connectivity index (χ3v) is 2.96. The van der Waals surface area contributed by atoms with Crippen molar-refractivity contribution in [2.24, 2.45) is 4.99 Å². The maximum absolute atomic E-state index is 5.81. The van der Waals surface area contributed by atoms with Crippen molar-refractivity contribution in [3.05, 3.63) is 12.2 Å². The van der Waals surface area contributed by atoms with Gasteiger partial charge in [-0.3, -0.25) is 0 Å². The molecule has 0 spiro atoms. The Labute approximate surface area is 97.2 Å². The summed E-state index contributed by atoms with van der Waals surface area (Å²) in [5.74, 6) is 0. The minimum Gasteiger partial charge on any atom is -0.466 e. The molecule has 0 fully saturated rings. The summed E-state index contributed by atoms with van der Waals surface area (Å²) in [5, 5.41) is 0.847. The first-order chi connectivity index (χ1) is 7.36. The van der Waals surface area contributed by atoms with Crippen LogP contribution in [0, 0.1) is 0 Å². The number of hydrogen-bond donors (Lipinski definition) is 0. The highest BCUT2D eigenvalue weighted by Crippen LogP contribution is 2.16. The van der Waals surface area contributed by atoms with E-state index in [1.165, 1.54) is 19.3 Å². The Bertz CT molecular complexity index is 226. The van der Waals surface area contributed by atoms with Crippen molar-refractivity contribution in [2.45, 2.75) is 45.1 Å². The SMILES string of the molecule is CCCCN=C(O[C@@H]1C=CCCC1)SC. The summed E-state index contributed by atoms with van der Waals surface area (Å²) in [4.78, 5) is 4.45. The predicted molar refractivity (Wildman–Crippen MR) is 68.6 cm³/mol. The minimum absolute atomic E-state index is 0.256. The lowest BCUT2D eigenvalue weighted by Crippen LogP contribution is -2.16. The lowest BCUT2D eigenvalue weighted by molar-refractivity contribution is 0.223. The van der Waals surface area contributed by atoms with Crippen LogP contribution in [0.1, 0.15) is 39.0 Å². The van der Waals surface area contributed by atoms with E-state index in [-0.39, 0.29) is 6.10 Å². The van der Waals surface area contributed by atoms with Gasteiger partial charge in [0, 0.05) is 6.54 Å². The number of thioether (sulfide) groups is 1. The summed E-state index contributed by atoms with van der Waals surface area (Å²) in [7, 11) is 0. The first-order valence-electron chi connectivity index (χ1n) is 5.78. The molecule has 1 atom stereocenters. The number of nitrogens with zero attached hydrogens (tertiary/aromatic N) is 1. The fourth-order valence-electron chi connectivity index (χ4n) is 1.49. The van der Waals surface area contributed by atoms with Crippen LogP contribution in [-0.4, -0.2) is 24.1 Å². The third kappa shape index (κ3) is 5.26. The lowest BCUT2D eigenvalue weighted by atomic mass is 10.1. The number of unbranched alkanes of at least 4 members (excludes halogenated alkanes) is 1. The van der Waals surface area contributed by atoms with Crippen molar-refractivity contribution in [3.63, 3.8) is 0 Å². The molecule has 0 unspecified atom stereocenters. The number of allylic oxidation sites excluding steroid dienone is 1. The molecule has 1 aliphatic carbocycles. The monoisotopic (exact) mass is 227 g/mol. The Balaban J connectivity index is 2.34. The highest BCUT2D eigenvalue weighted by molar-refractivity contribution is 8.12. The van der Waals surface area contributed by atoms with Gasteiger partial charge in [-0.05, 0) is 38.0 Å². The lowest BCUT2D eigenvalue weighted by Gasteiger charge is -2.18. The molecule has 15 heavy (non-hydrogen) atoms. The average Bonchev–Trinajstić information content (AvgIpc) is 2.29. The third-order valence-electron chi connectivity index (χ3n) is 2.39. The standard InChI is InChI=1S/C12H21NOS/c1-3-4-10-13-12(15-2)14-11-8-6-5-7-9-11/h6,8,11H,3-5,7,9-10H2,1-2H3/t11-/m1/s1. The molecule has 3 heteroatoms. The summed E-state index contributed by atoms with van der Waals surface area (Å²) >= 11 is 1.61. The van der Waals surface area contributed by atoms with E-state index in [0.717, 1.165) is 24.6 Å². The zero-order valence-corrected chi connectivity index (χ0v) is 10.6. The van der Waals surface area contributed by atoms with Crippen molar-refractivity contribution in [1.82, 2.24) is 0 Å². The fourth-order valence-corrected chi connectivity index (χ4v) is 1.93. The molecule has 0 aliphatic heterocycles. The number of aliphatic imine (C=N–C) groups is 1. The van der Waals surface area contributed by atoms with Gasteiger partial charge in [0.2, 0.25) is 5.23 Å². The van der Waals surface area contributed by atoms with E-state index in [4.69, 9.17) is 4.74 Å². The van der Waals surface area contributed by atoms with Crippen LogP contribution in [0.2, 0.25) is 0 Å². The van der Waals surface area contributed by atoms with E-state index < -0.39 is 0 Å². The highest BCUT2D eigenvalue weighted by Gasteiger charge is 2.11. The van der Waals surface area contributed by atoms with Crippen LogP contribution in [0.4, 0.5) is 0 Å². The topological polar surface area (TPSA) is 21.6 Å². The molecular formula is C12H21NOS. The van der Waals surface area contributed by atoms with Crippen LogP contribution in [-0.2, 0) is 4.74 Å². The van der Waals surface area contributed by atoms with Crippen LogP contribution < -0.4 is 0 Å². The second-order valence-electron chi connectivity index (χ2n) is 3.72. The van der Waals surface area contributed by atoms with E-state index in [0.29, 0.717) is 0 Å². The molecule has 0 N–H and O–H groups in total. The van der Waals surface area contributed by atoms with Crippen LogP contribution in [0.5, 0.6) is 0 Å². The Morgan fingerprint density at radius 1 is 1.60 bits per heavy atom. The summed E-state index contributed by atoms with van der Waals surface area (Å²) in [6.45, 7) is 3.07. The maximum atomic E-state index is 5.81. The molecule has 0 saturated heterocycles. The number of ether oxygens (including phenoxy) is 1. The first-order valence-corrected chi connectivity index (χ1v) is 7.01. The van der Waals surface area contributed by atoms with Gasteiger partial charge in [0.25, 0.3) is 0 Å². The molecule has 0 aromatic heterocycles. The minimum atomic E-state index is 0.256. The van der Waals surface area contributed by atoms with Crippen molar-refractivity contribution in [1.29, 1.82) is 0 Å². The van der Waals surface area contributed by atoms with Gasteiger partial charge in [-0.2, -0.15) is 0 Å². The molecule has 86 valence electrons. The molecule has 0 aromatic rings. The Morgan fingerprint density at radius 2 is 2.47 bits per heavy atom. The molecule has 0 heterocycles. The Hall–Kier alpha value is -0.440. The number of hydrogen-bond acceptors (Lipinski definition) is 3. The van der Waals surface area contributed by atoms with Crippen molar-refractivity contribution < 1.29 is 4.74 Å². The molecule has 1 rings (SSSR count). The van der Waals surface area contributed by atoms with Gasteiger partial charge in [-0.1, -0.05) is 31.2 Å². The quantitative estimate of drug-likeness (QED) is 0.316. The Kier molecular flexibility index (Phi) is 6.57. The van der Waals surface area contributed by atoms with Gasteiger partial charge in [0.15, 0.2) is 0 Å².